The average molecular weight is 450 g/mol. The topological polar surface area (TPSA) is 49.3 Å². The smallest absolute Gasteiger partial charge is 0.257 e. The fourth-order valence-corrected chi connectivity index (χ4v) is 4.51. The number of halogens is 3. The van der Waals surface area contributed by atoms with E-state index >= 15 is 0 Å². The summed E-state index contributed by atoms with van der Waals surface area (Å²) in [5, 5.41) is 12.0. The lowest BCUT2D eigenvalue weighted by molar-refractivity contribution is 0.102. The van der Waals surface area contributed by atoms with Gasteiger partial charge in [-0.05, 0) is 56.1 Å². The van der Waals surface area contributed by atoms with E-state index in [9.17, 15) is 4.79 Å². The number of amides is 1. The summed E-state index contributed by atoms with van der Waals surface area (Å²) in [6.07, 6.45) is 0. The van der Waals surface area contributed by atoms with Crippen molar-refractivity contribution in [3.05, 3.63) is 48.0 Å². The maximum Gasteiger partial charge on any atom is 0.257 e. The van der Waals surface area contributed by atoms with Gasteiger partial charge in [-0.3, -0.25) is 4.79 Å². The number of nitrogens with one attached hydrogen (secondary N) is 1. The molecule has 0 unspecified atom stereocenters. The van der Waals surface area contributed by atoms with Gasteiger partial charge in [0, 0.05) is 10.6 Å². The van der Waals surface area contributed by atoms with Crippen molar-refractivity contribution in [2.75, 3.05) is 11.9 Å². The zero-order chi connectivity index (χ0) is 15.4. The lowest BCUT2D eigenvalue weighted by Gasteiger charge is -2.07. The number of carbonyl (C=O) groups is 1. The third kappa shape index (κ3) is 4.31. The molecule has 108 valence electrons. The van der Waals surface area contributed by atoms with Crippen molar-refractivity contribution < 1.29 is 9.90 Å². The Kier molecular flexibility index (Phi) is 5.85. The Morgan fingerprint density at radius 3 is 2.76 bits per heavy atom. The van der Waals surface area contributed by atoms with Crippen molar-refractivity contribution in [3.63, 3.8) is 0 Å². The van der Waals surface area contributed by atoms with E-state index in [1.807, 2.05) is 0 Å². The molecule has 2 aromatic rings. The van der Waals surface area contributed by atoms with Crippen LogP contribution < -0.4 is 5.32 Å². The fourth-order valence-electron chi connectivity index (χ4n) is 1.55. The molecule has 0 saturated heterocycles. The van der Waals surface area contributed by atoms with Crippen LogP contribution in [-0.2, 0) is 0 Å². The van der Waals surface area contributed by atoms with Crippen molar-refractivity contribution in [2.24, 2.45) is 0 Å². The van der Waals surface area contributed by atoms with Crippen LogP contribution in [0.5, 0.6) is 0 Å². The Morgan fingerprint density at radius 1 is 1.38 bits per heavy atom. The molecule has 0 radical (unpaired) electrons. The number of benzene rings is 1. The highest BCUT2D eigenvalue weighted by Crippen LogP contribution is 2.32. The van der Waals surface area contributed by atoms with Crippen LogP contribution in [-0.4, -0.2) is 17.6 Å². The Balaban J connectivity index is 2.32. The van der Waals surface area contributed by atoms with Gasteiger partial charge in [0.05, 0.1) is 18.8 Å². The summed E-state index contributed by atoms with van der Waals surface area (Å²) in [6, 6.07) is 6.72. The molecule has 1 aromatic heterocycles. The van der Waals surface area contributed by atoms with Crippen LogP contribution in [0, 0.1) is 11.8 Å². The van der Waals surface area contributed by atoms with E-state index < -0.39 is 0 Å². The van der Waals surface area contributed by atoms with E-state index in [-0.39, 0.29) is 12.5 Å². The minimum absolute atomic E-state index is 0.251. The van der Waals surface area contributed by atoms with E-state index in [4.69, 9.17) is 16.7 Å². The van der Waals surface area contributed by atoms with Gasteiger partial charge >= 0.3 is 0 Å². The van der Waals surface area contributed by atoms with Crippen LogP contribution in [0.1, 0.15) is 15.9 Å². The third-order valence-corrected chi connectivity index (χ3v) is 5.01. The number of hydrogen-bond acceptors (Lipinski definition) is 3. The van der Waals surface area contributed by atoms with E-state index in [2.05, 4.69) is 49.0 Å². The van der Waals surface area contributed by atoms with Gasteiger partial charge in [-0.1, -0.05) is 23.4 Å². The first-order valence-electron chi connectivity index (χ1n) is 5.66. The van der Waals surface area contributed by atoms with Gasteiger partial charge in [-0.15, -0.1) is 11.3 Å². The molecule has 0 atom stereocenters. The Bertz CT molecular complexity index is 749. The van der Waals surface area contributed by atoms with Crippen LogP contribution in [0.25, 0.3) is 0 Å². The molecule has 0 spiro atoms. The van der Waals surface area contributed by atoms with Crippen LogP contribution in [0.3, 0.4) is 0 Å². The SMILES string of the molecule is O=C(Nc1cc(Cl)ccc1C#CCO)c1cc(Br)sc1Br. The van der Waals surface area contributed by atoms with Gasteiger partial charge in [0.1, 0.15) is 6.61 Å². The number of rotatable bonds is 2. The first-order valence-corrected chi connectivity index (χ1v) is 8.44. The lowest BCUT2D eigenvalue weighted by Crippen LogP contribution is -2.12. The predicted octanol–water partition coefficient (Wildman–Crippen LogP) is 4.52. The number of aliphatic hydroxyl groups excluding tert-OH is 1. The van der Waals surface area contributed by atoms with Gasteiger partial charge < -0.3 is 10.4 Å². The van der Waals surface area contributed by atoms with Crippen molar-refractivity contribution in [1.82, 2.24) is 0 Å². The molecule has 1 aromatic carbocycles. The first kappa shape index (κ1) is 16.5. The highest BCUT2D eigenvalue weighted by Gasteiger charge is 2.15. The second kappa shape index (κ2) is 7.43. The predicted molar refractivity (Wildman–Crippen MR) is 93.1 cm³/mol. The molecule has 0 bridgehead atoms. The van der Waals surface area contributed by atoms with Gasteiger partial charge in [0.2, 0.25) is 0 Å². The van der Waals surface area contributed by atoms with Gasteiger partial charge in [-0.2, -0.15) is 0 Å². The van der Waals surface area contributed by atoms with Crippen LogP contribution in [0.2, 0.25) is 5.02 Å². The Labute approximate surface area is 147 Å². The summed E-state index contributed by atoms with van der Waals surface area (Å²) in [7, 11) is 0. The minimum Gasteiger partial charge on any atom is -0.384 e. The van der Waals surface area contributed by atoms with Crippen LogP contribution in [0.4, 0.5) is 5.69 Å². The molecule has 0 aliphatic heterocycles. The molecule has 2 rings (SSSR count). The second-order valence-corrected chi connectivity index (χ2v) is 8.03. The van der Waals surface area contributed by atoms with E-state index in [1.54, 1.807) is 24.3 Å². The highest BCUT2D eigenvalue weighted by atomic mass is 79.9. The third-order valence-electron chi connectivity index (χ3n) is 2.43. The van der Waals surface area contributed by atoms with Gasteiger partial charge in [-0.25, -0.2) is 0 Å². The van der Waals surface area contributed by atoms with Crippen molar-refractivity contribution >= 4 is 66.4 Å². The number of hydrogen-bond donors (Lipinski definition) is 2. The summed E-state index contributed by atoms with van der Waals surface area (Å²) < 4.78 is 1.59. The number of carbonyl (C=O) groups excluding carboxylic acids is 1. The van der Waals surface area contributed by atoms with E-state index in [1.165, 1.54) is 11.3 Å². The monoisotopic (exact) mass is 447 g/mol. The zero-order valence-corrected chi connectivity index (χ0v) is 15.2. The minimum atomic E-state index is -0.266. The molecule has 2 N–H and O–H groups in total. The van der Waals surface area contributed by atoms with Crippen molar-refractivity contribution in [2.45, 2.75) is 0 Å². The summed E-state index contributed by atoms with van der Waals surface area (Å²) in [4.78, 5) is 12.3. The molecule has 0 fully saturated rings. The lowest BCUT2D eigenvalue weighted by atomic mass is 10.1. The molecule has 1 heterocycles. The molecular formula is C14H8Br2ClNO2S. The molecule has 21 heavy (non-hydrogen) atoms. The van der Waals surface area contributed by atoms with Gasteiger partial charge in [0.25, 0.3) is 5.91 Å². The molecule has 1 amide bonds. The average Bonchev–Trinajstić information content (AvgIpc) is 2.77. The molecular weight excluding hydrogens is 441 g/mol. The molecule has 0 saturated carbocycles. The fraction of sp³-hybridized carbons (Fsp3) is 0.0714. The quantitative estimate of drug-likeness (QED) is 0.663. The Hall–Kier alpha value is -0.840. The largest absolute Gasteiger partial charge is 0.384 e. The maximum atomic E-state index is 12.3. The van der Waals surface area contributed by atoms with E-state index in [0.717, 1.165) is 7.57 Å². The summed E-state index contributed by atoms with van der Waals surface area (Å²) >= 11 is 14.0. The van der Waals surface area contributed by atoms with Crippen molar-refractivity contribution in [1.29, 1.82) is 0 Å². The number of aliphatic hydroxyl groups is 1. The zero-order valence-electron chi connectivity index (χ0n) is 10.4. The standard InChI is InChI=1S/C14H8Br2ClNO2S/c15-12-7-10(13(16)21-12)14(20)18-11-6-9(17)4-3-8(11)2-1-5-19/h3-4,6-7,19H,5H2,(H,18,20). The van der Waals surface area contributed by atoms with Crippen LogP contribution >= 0.6 is 54.8 Å². The maximum absolute atomic E-state index is 12.3. The summed E-state index contributed by atoms with van der Waals surface area (Å²) in [5.41, 5.74) is 1.61. The summed E-state index contributed by atoms with van der Waals surface area (Å²) in [6.45, 7) is -0.251. The molecule has 0 aliphatic carbocycles. The van der Waals surface area contributed by atoms with Crippen LogP contribution in [0.15, 0.2) is 31.8 Å². The Morgan fingerprint density at radius 2 is 2.14 bits per heavy atom. The van der Waals surface area contributed by atoms with Crippen molar-refractivity contribution in [3.8, 4) is 11.8 Å². The van der Waals surface area contributed by atoms with E-state index in [0.29, 0.717) is 21.8 Å². The highest BCUT2D eigenvalue weighted by molar-refractivity contribution is 9.12. The second-order valence-electron chi connectivity index (χ2n) is 3.84. The number of anilines is 1. The normalized spacial score (nSPS) is 9.90. The first-order chi connectivity index (χ1) is 10.0. The number of thiophene rings is 1. The molecule has 7 heteroatoms. The van der Waals surface area contributed by atoms with Gasteiger partial charge in [0.15, 0.2) is 0 Å². The summed E-state index contributed by atoms with van der Waals surface area (Å²) in [5.74, 6) is 5.06. The molecule has 3 nitrogen and oxygen atoms in total. The molecule has 0 aliphatic rings.